The standard InChI is InChI=1S/C10H12F2.C8H10.CF4.2CH5N.2CH4O/c11-7-6-10(8-12)9-4-2-1-3-5-9;1-2-8-6-4-3-5-7-8;2-1(3,4)5;4*1-2/h1-5,10H,6-8H2;3-7H,2H2,1H3;;2*2H2,1H3;2*2H,1H3. The predicted molar refractivity (Wildman–Crippen MR) is 125 cm³/mol. The van der Waals surface area contributed by atoms with Gasteiger partial charge in [0.25, 0.3) is 0 Å². The first-order valence-corrected chi connectivity index (χ1v) is 9.83. The monoisotopic (exact) mass is 490 g/mol. The summed E-state index contributed by atoms with van der Waals surface area (Å²) in [5.74, 6) is -0.267. The number of aliphatic hydroxyl groups is 2. The fourth-order valence-electron chi connectivity index (χ4n) is 1.90. The van der Waals surface area contributed by atoms with Gasteiger partial charge in [0.2, 0.25) is 0 Å². The maximum atomic E-state index is 12.4. The summed E-state index contributed by atoms with van der Waals surface area (Å²) in [7, 11) is 5.00. The summed E-state index contributed by atoms with van der Waals surface area (Å²) in [4.78, 5) is 0. The molecule has 0 fully saturated rings. The van der Waals surface area contributed by atoms with Crippen LogP contribution in [0.1, 0.15) is 30.4 Å². The Morgan fingerprint density at radius 1 is 0.727 bits per heavy atom. The molecule has 2 aromatic rings. The number of aryl methyl sites for hydroxylation is 1. The molecule has 1 unspecified atom stereocenters. The van der Waals surface area contributed by atoms with Crippen LogP contribution in [0.4, 0.5) is 26.3 Å². The van der Waals surface area contributed by atoms with Crippen LogP contribution in [-0.4, -0.2) is 58.3 Å². The number of hydrogen-bond donors (Lipinski definition) is 4. The second kappa shape index (κ2) is 34.5. The van der Waals surface area contributed by atoms with Crippen LogP contribution in [0.15, 0.2) is 60.7 Å². The van der Waals surface area contributed by atoms with Crippen LogP contribution in [0, 0.1) is 0 Å². The third kappa shape index (κ3) is 37.5. The molecule has 6 N–H and O–H groups in total. The Kier molecular flexibility index (Phi) is 43.0. The molecule has 0 aliphatic heterocycles. The maximum Gasteiger partial charge on any atom is 0.559 e. The zero-order valence-corrected chi connectivity index (χ0v) is 20.0. The minimum Gasteiger partial charge on any atom is -0.400 e. The Morgan fingerprint density at radius 2 is 1.06 bits per heavy atom. The molecule has 0 aromatic heterocycles. The second-order valence-corrected chi connectivity index (χ2v) is 5.01. The lowest BCUT2D eigenvalue weighted by Gasteiger charge is -2.10. The molecule has 0 spiro atoms. The van der Waals surface area contributed by atoms with Crippen molar-refractivity contribution in [3.8, 4) is 0 Å². The maximum absolute atomic E-state index is 12.4. The van der Waals surface area contributed by atoms with E-state index in [1.54, 1.807) is 0 Å². The summed E-state index contributed by atoms with van der Waals surface area (Å²) >= 11 is 0. The highest BCUT2D eigenvalue weighted by atomic mass is 19.5. The summed E-state index contributed by atoms with van der Waals surface area (Å²) in [6.45, 7) is 1.23. The lowest BCUT2D eigenvalue weighted by molar-refractivity contribution is -0.237. The van der Waals surface area contributed by atoms with E-state index in [-0.39, 0.29) is 12.3 Å². The van der Waals surface area contributed by atoms with Crippen molar-refractivity contribution >= 4 is 0 Å². The highest BCUT2D eigenvalue weighted by Crippen LogP contribution is 2.19. The number of hydrogen-bond acceptors (Lipinski definition) is 4. The van der Waals surface area contributed by atoms with Crippen LogP contribution in [0.2, 0.25) is 0 Å². The lowest BCUT2D eigenvalue weighted by atomic mass is 9.98. The van der Waals surface area contributed by atoms with Crippen molar-refractivity contribution in [3.63, 3.8) is 0 Å². The number of alkyl halides is 6. The first kappa shape index (κ1) is 41.1. The van der Waals surface area contributed by atoms with Crippen LogP contribution in [0.5, 0.6) is 0 Å². The predicted octanol–water partition coefficient (Wildman–Crippen LogP) is 5.19. The van der Waals surface area contributed by atoms with Crippen LogP contribution < -0.4 is 11.5 Å². The van der Waals surface area contributed by atoms with Gasteiger partial charge in [-0.2, -0.15) is 0 Å². The number of nitrogens with two attached hydrogens (primary N) is 2. The first-order valence-electron chi connectivity index (χ1n) is 9.83. The minimum atomic E-state index is -5.50. The topological polar surface area (TPSA) is 92.5 Å². The molecule has 2 aromatic carbocycles. The smallest absolute Gasteiger partial charge is 0.400 e. The highest BCUT2D eigenvalue weighted by Gasteiger charge is 2.24. The van der Waals surface area contributed by atoms with Crippen molar-refractivity contribution in [1.82, 2.24) is 0 Å². The molecule has 0 heterocycles. The third-order valence-corrected chi connectivity index (χ3v) is 3.17. The molecular formula is C23H40F6N2O2. The molecular weight excluding hydrogens is 450 g/mol. The van der Waals surface area contributed by atoms with E-state index in [9.17, 15) is 26.3 Å². The summed E-state index contributed by atoms with van der Waals surface area (Å²) in [6, 6.07) is 19.7. The van der Waals surface area contributed by atoms with Gasteiger partial charge in [0.05, 0.1) is 13.3 Å². The molecule has 33 heavy (non-hydrogen) atoms. The van der Waals surface area contributed by atoms with Gasteiger partial charge in [-0.15, -0.1) is 17.6 Å². The molecule has 0 saturated heterocycles. The summed E-state index contributed by atoms with van der Waals surface area (Å²) in [6.07, 6.45) is -4.08. The SMILES string of the molecule is CCc1ccccc1.CN.CN.CO.CO.FC(F)(F)F.FCCC(CF)c1ccccc1. The molecule has 2 rings (SSSR count). The largest absolute Gasteiger partial charge is 0.559 e. The van der Waals surface area contributed by atoms with Crippen molar-refractivity contribution in [1.29, 1.82) is 0 Å². The van der Waals surface area contributed by atoms with E-state index >= 15 is 0 Å². The highest BCUT2D eigenvalue weighted by molar-refractivity contribution is 5.19. The Morgan fingerprint density at radius 3 is 1.30 bits per heavy atom. The van der Waals surface area contributed by atoms with E-state index in [2.05, 4.69) is 42.7 Å². The molecule has 0 saturated carbocycles. The van der Waals surface area contributed by atoms with Gasteiger partial charge in [-0.05, 0) is 38.1 Å². The van der Waals surface area contributed by atoms with Gasteiger partial charge >= 0.3 is 6.43 Å². The van der Waals surface area contributed by atoms with E-state index in [4.69, 9.17) is 10.2 Å². The van der Waals surface area contributed by atoms with Gasteiger partial charge in [-0.1, -0.05) is 67.6 Å². The summed E-state index contributed by atoms with van der Waals surface area (Å²) < 4.78 is 63.1. The van der Waals surface area contributed by atoms with Crippen molar-refractivity contribution in [3.05, 3.63) is 71.8 Å². The van der Waals surface area contributed by atoms with E-state index in [0.717, 1.165) is 26.2 Å². The van der Waals surface area contributed by atoms with Crippen LogP contribution >= 0.6 is 0 Å². The van der Waals surface area contributed by atoms with Gasteiger partial charge in [0.15, 0.2) is 0 Å². The molecule has 4 nitrogen and oxygen atoms in total. The zero-order chi connectivity index (χ0) is 27.1. The Labute approximate surface area is 194 Å². The normalized spacial score (nSPS) is 9.42. The van der Waals surface area contributed by atoms with Gasteiger partial charge in [0, 0.05) is 20.1 Å². The lowest BCUT2D eigenvalue weighted by Crippen LogP contribution is -2.01. The minimum absolute atomic E-state index is 0.267. The van der Waals surface area contributed by atoms with E-state index in [0.29, 0.717) is 0 Å². The Hall–Kier alpha value is -2.14. The van der Waals surface area contributed by atoms with Gasteiger partial charge in [-0.25, -0.2) is 0 Å². The van der Waals surface area contributed by atoms with E-state index in [1.165, 1.54) is 19.7 Å². The van der Waals surface area contributed by atoms with Crippen LogP contribution in [-0.2, 0) is 6.42 Å². The fourth-order valence-corrected chi connectivity index (χ4v) is 1.90. The van der Waals surface area contributed by atoms with Gasteiger partial charge in [0.1, 0.15) is 0 Å². The molecule has 10 heteroatoms. The van der Waals surface area contributed by atoms with Gasteiger partial charge < -0.3 is 21.7 Å². The molecule has 0 aliphatic carbocycles. The van der Waals surface area contributed by atoms with Crippen LogP contribution in [0.25, 0.3) is 0 Å². The number of rotatable bonds is 5. The average molecular weight is 491 g/mol. The molecule has 0 bridgehead atoms. The third-order valence-electron chi connectivity index (χ3n) is 3.17. The number of halogens is 6. The molecule has 0 radical (unpaired) electrons. The van der Waals surface area contributed by atoms with Crippen molar-refractivity contribution in [2.24, 2.45) is 11.5 Å². The summed E-state index contributed by atoms with van der Waals surface area (Å²) in [5, 5.41) is 14.0. The molecule has 196 valence electrons. The first-order chi connectivity index (χ1) is 15.8. The quantitative estimate of drug-likeness (QED) is 0.434. The molecule has 1 atom stereocenters. The number of aliphatic hydroxyl groups excluding tert-OH is 2. The van der Waals surface area contributed by atoms with Crippen molar-refractivity contribution in [2.75, 3.05) is 41.7 Å². The fraction of sp³-hybridized carbons (Fsp3) is 0.478. The van der Waals surface area contributed by atoms with Crippen molar-refractivity contribution < 1.29 is 36.6 Å². The van der Waals surface area contributed by atoms with Gasteiger partial charge in [-0.3, -0.25) is 8.78 Å². The van der Waals surface area contributed by atoms with E-state index < -0.39 is 19.8 Å². The summed E-state index contributed by atoms with van der Waals surface area (Å²) in [5.41, 5.74) is 11.3. The second-order valence-electron chi connectivity index (χ2n) is 5.01. The number of benzene rings is 2. The zero-order valence-electron chi connectivity index (χ0n) is 20.0. The molecule has 0 aliphatic rings. The average Bonchev–Trinajstić information content (AvgIpc) is 2.88. The van der Waals surface area contributed by atoms with E-state index in [1.807, 2.05) is 36.4 Å². The Bertz CT molecular complexity index is 542. The van der Waals surface area contributed by atoms with Crippen LogP contribution in [0.3, 0.4) is 0 Å². The Balaban J connectivity index is -0.000000109. The molecule has 0 amide bonds. The van der Waals surface area contributed by atoms with Crippen molar-refractivity contribution in [2.45, 2.75) is 32.1 Å².